The summed E-state index contributed by atoms with van der Waals surface area (Å²) in [7, 11) is 0. The second kappa shape index (κ2) is 4.81. The molecule has 0 amide bonds. The summed E-state index contributed by atoms with van der Waals surface area (Å²) in [4.78, 5) is 0. The summed E-state index contributed by atoms with van der Waals surface area (Å²) in [6.07, 6.45) is 9.38. The van der Waals surface area contributed by atoms with Gasteiger partial charge < -0.3 is 5.73 Å². The van der Waals surface area contributed by atoms with Gasteiger partial charge in [0.15, 0.2) is 0 Å². The smallest absolute Gasteiger partial charge is 0.0111 e. The number of fused-ring (bicyclic) bond motifs is 1. The second-order valence-corrected chi connectivity index (χ2v) is 5.89. The van der Waals surface area contributed by atoms with E-state index >= 15 is 0 Å². The summed E-state index contributed by atoms with van der Waals surface area (Å²) in [5.74, 6) is 1.56. The van der Waals surface area contributed by atoms with Crippen LogP contribution >= 0.6 is 0 Å². The molecule has 0 aliphatic heterocycles. The standard InChI is InChI=1S/C16H23N/c17-16(11-12-5-3-6-12)15-10-4-8-13-7-1-2-9-14(13)15/h1-2,7,9,12,15-16H,3-6,8,10-11,17H2. The maximum absolute atomic E-state index is 6.47. The maximum atomic E-state index is 6.47. The molecule has 92 valence electrons. The van der Waals surface area contributed by atoms with Crippen LogP contribution in [0.1, 0.15) is 55.6 Å². The Morgan fingerprint density at radius 1 is 1.12 bits per heavy atom. The van der Waals surface area contributed by atoms with Crippen molar-refractivity contribution in [1.82, 2.24) is 0 Å². The highest BCUT2D eigenvalue weighted by Gasteiger charge is 2.28. The largest absolute Gasteiger partial charge is 0.327 e. The van der Waals surface area contributed by atoms with Crippen LogP contribution in [0.15, 0.2) is 24.3 Å². The first kappa shape index (κ1) is 11.3. The lowest BCUT2D eigenvalue weighted by atomic mass is 9.73. The van der Waals surface area contributed by atoms with Crippen molar-refractivity contribution >= 4 is 0 Å². The van der Waals surface area contributed by atoms with E-state index in [2.05, 4.69) is 24.3 Å². The lowest BCUT2D eigenvalue weighted by Gasteiger charge is -2.34. The van der Waals surface area contributed by atoms with Gasteiger partial charge in [-0.25, -0.2) is 0 Å². The predicted molar refractivity (Wildman–Crippen MR) is 72.1 cm³/mol. The summed E-state index contributed by atoms with van der Waals surface area (Å²) in [6.45, 7) is 0. The van der Waals surface area contributed by atoms with Gasteiger partial charge in [0.1, 0.15) is 0 Å². The number of nitrogens with two attached hydrogens (primary N) is 1. The predicted octanol–water partition coefficient (Wildman–Crippen LogP) is 3.62. The molecule has 0 heterocycles. The van der Waals surface area contributed by atoms with E-state index in [0.717, 1.165) is 5.92 Å². The highest BCUT2D eigenvalue weighted by molar-refractivity contribution is 5.33. The quantitative estimate of drug-likeness (QED) is 0.841. The minimum atomic E-state index is 0.391. The third kappa shape index (κ3) is 2.26. The van der Waals surface area contributed by atoms with Crippen LogP contribution in [-0.4, -0.2) is 6.04 Å². The van der Waals surface area contributed by atoms with Crippen LogP contribution in [0, 0.1) is 5.92 Å². The average Bonchev–Trinajstić information content (AvgIpc) is 2.33. The van der Waals surface area contributed by atoms with Gasteiger partial charge in [-0.15, -0.1) is 0 Å². The molecule has 1 nitrogen and oxygen atoms in total. The summed E-state index contributed by atoms with van der Waals surface area (Å²) >= 11 is 0. The zero-order valence-corrected chi connectivity index (χ0v) is 10.6. The van der Waals surface area contributed by atoms with Gasteiger partial charge in [0.05, 0.1) is 0 Å². The lowest BCUT2D eigenvalue weighted by molar-refractivity contribution is 0.258. The zero-order chi connectivity index (χ0) is 11.7. The highest BCUT2D eigenvalue weighted by Crippen LogP contribution is 2.38. The topological polar surface area (TPSA) is 26.0 Å². The van der Waals surface area contributed by atoms with Crippen molar-refractivity contribution in [2.45, 2.75) is 56.9 Å². The van der Waals surface area contributed by atoms with Crippen LogP contribution in [0.5, 0.6) is 0 Å². The van der Waals surface area contributed by atoms with Crippen molar-refractivity contribution in [2.75, 3.05) is 0 Å². The first-order chi connectivity index (χ1) is 8.34. The molecule has 1 aromatic carbocycles. The third-order valence-corrected chi connectivity index (χ3v) is 4.76. The molecule has 0 bridgehead atoms. The van der Waals surface area contributed by atoms with Crippen LogP contribution in [0.3, 0.4) is 0 Å². The fraction of sp³-hybridized carbons (Fsp3) is 0.625. The van der Waals surface area contributed by atoms with E-state index in [0.29, 0.717) is 12.0 Å². The fourth-order valence-electron chi connectivity index (χ4n) is 3.51. The van der Waals surface area contributed by atoms with Gasteiger partial charge in [-0.05, 0) is 48.6 Å². The van der Waals surface area contributed by atoms with Crippen molar-refractivity contribution in [2.24, 2.45) is 11.7 Å². The Morgan fingerprint density at radius 2 is 1.94 bits per heavy atom. The number of aryl methyl sites for hydroxylation is 1. The Balaban J connectivity index is 1.74. The number of hydrogen-bond donors (Lipinski definition) is 1. The summed E-state index contributed by atoms with van der Waals surface area (Å²) in [5, 5.41) is 0. The first-order valence-corrected chi connectivity index (χ1v) is 7.18. The Bertz CT molecular complexity index is 381. The van der Waals surface area contributed by atoms with Crippen molar-refractivity contribution in [3.63, 3.8) is 0 Å². The molecule has 0 spiro atoms. The van der Waals surface area contributed by atoms with Gasteiger partial charge in [-0.3, -0.25) is 0 Å². The molecule has 3 rings (SSSR count). The highest BCUT2D eigenvalue weighted by atomic mass is 14.7. The molecule has 2 atom stereocenters. The normalized spacial score (nSPS) is 26.1. The molecular formula is C16H23N. The minimum Gasteiger partial charge on any atom is -0.327 e. The van der Waals surface area contributed by atoms with Gasteiger partial charge in [0.2, 0.25) is 0 Å². The van der Waals surface area contributed by atoms with Crippen LogP contribution in [0.2, 0.25) is 0 Å². The third-order valence-electron chi connectivity index (χ3n) is 4.76. The van der Waals surface area contributed by atoms with E-state index in [-0.39, 0.29) is 0 Å². The molecule has 0 saturated heterocycles. The molecule has 2 aliphatic carbocycles. The fourth-order valence-corrected chi connectivity index (χ4v) is 3.51. The Kier molecular flexibility index (Phi) is 3.19. The Hall–Kier alpha value is -0.820. The van der Waals surface area contributed by atoms with Crippen LogP contribution in [0.4, 0.5) is 0 Å². The van der Waals surface area contributed by atoms with Gasteiger partial charge in [-0.2, -0.15) is 0 Å². The van der Waals surface area contributed by atoms with Gasteiger partial charge >= 0.3 is 0 Å². The van der Waals surface area contributed by atoms with Gasteiger partial charge in [0.25, 0.3) is 0 Å². The van der Waals surface area contributed by atoms with Crippen LogP contribution in [0.25, 0.3) is 0 Å². The maximum Gasteiger partial charge on any atom is 0.0111 e. The van der Waals surface area contributed by atoms with Crippen molar-refractivity contribution in [3.05, 3.63) is 35.4 Å². The number of hydrogen-bond acceptors (Lipinski definition) is 1. The molecule has 0 radical (unpaired) electrons. The number of benzene rings is 1. The molecule has 2 unspecified atom stereocenters. The summed E-state index contributed by atoms with van der Waals surface area (Å²) in [6, 6.07) is 9.32. The lowest BCUT2D eigenvalue weighted by Crippen LogP contribution is -2.34. The second-order valence-electron chi connectivity index (χ2n) is 5.89. The molecule has 2 aliphatic rings. The molecule has 1 saturated carbocycles. The van der Waals surface area contributed by atoms with E-state index < -0.39 is 0 Å². The molecule has 2 N–H and O–H groups in total. The van der Waals surface area contributed by atoms with E-state index in [9.17, 15) is 0 Å². The van der Waals surface area contributed by atoms with Gasteiger partial charge in [0, 0.05) is 6.04 Å². The summed E-state index contributed by atoms with van der Waals surface area (Å²) in [5.41, 5.74) is 9.57. The van der Waals surface area contributed by atoms with Crippen molar-refractivity contribution in [1.29, 1.82) is 0 Å². The Labute approximate surface area is 104 Å². The molecule has 17 heavy (non-hydrogen) atoms. The first-order valence-electron chi connectivity index (χ1n) is 7.18. The van der Waals surface area contributed by atoms with E-state index in [4.69, 9.17) is 5.73 Å². The van der Waals surface area contributed by atoms with Gasteiger partial charge in [-0.1, -0.05) is 43.5 Å². The SMILES string of the molecule is NC(CC1CCC1)C1CCCc2ccccc21. The molecule has 1 fully saturated rings. The van der Waals surface area contributed by atoms with Crippen LogP contribution < -0.4 is 5.73 Å². The number of rotatable bonds is 3. The van der Waals surface area contributed by atoms with Crippen molar-refractivity contribution < 1.29 is 0 Å². The minimum absolute atomic E-state index is 0.391. The summed E-state index contributed by atoms with van der Waals surface area (Å²) < 4.78 is 0. The average molecular weight is 229 g/mol. The molecule has 0 aromatic heterocycles. The van der Waals surface area contributed by atoms with E-state index in [1.54, 1.807) is 11.1 Å². The Morgan fingerprint density at radius 3 is 2.71 bits per heavy atom. The van der Waals surface area contributed by atoms with Crippen LogP contribution in [-0.2, 0) is 6.42 Å². The molecule has 1 aromatic rings. The van der Waals surface area contributed by atoms with E-state index in [1.165, 1.54) is 44.9 Å². The molecular weight excluding hydrogens is 206 g/mol. The monoisotopic (exact) mass is 229 g/mol. The van der Waals surface area contributed by atoms with Crippen molar-refractivity contribution in [3.8, 4) is 0 Å². The van der Waals surface area contributed by atoms with E-state index in [1.807, 2.05) is 0 Å². The zero-order valence-electron chi connectivity index (χ0n) is 10.6. The molecule has 1 heteroatoms.